The van der Waals surface area contributed by atoms with Crippen LogP contribution < -0.4 is 14.2 Å². The standard InChI is InChI=1S/C24H24N2O6S/c1-30-18-10-15(11-19(31-2)22(18)32-3)12-20-23(28)26(24(29)33-20)14-21(27)25-9-8-16-6-4-5-7-17(16)13-25/h4-7,10-12H,8-9,13-14H2,1-3H3/b20-12+. The van der Waals surface area contributed by atoms with Crippen LogP contribution in [0.5, 0.6) is 17.2 Å². The maximum absolute atomic E-state index is 12.9. The van der Waals surface area contributed by atoms with Crippen molar-refractivity contribution >= 4 is 34.9 Å². The Morgan fingerprint density at radius 3 is 2.33 bits per heavy atom. The number of carbonyl (C=O) groups excluding carboxylic acids is 3. The summed E-state index contributed by atoms with van der Waals surface area (Å²) in [6, 6.07) is 11.3. The fraction of sp³-hybridized carbons (Fsp3) is 0.292. The first-order valence-electron chi connectivity index (χ1n) is 10.3. The number of fused-ring (bicyclic) bond motifs is 1. The van der Waals surface area contributed by atoms with Gasteiger partial charge in [0, 0.05) is 13.1 Å². The summed E-state index contributed by atoms with van der Waals surface area (Å²) in [7, 11) is 4.50. The van der Waals surface area contributed by atoms with Crippen LogP contribution in [0.4, 0.5) is 4.79 Å². The highest BCUT2D eigenvalue weighted by atomic mass is 32.2. The van der Waals surface area contributed by atoms with E-state index in [9.17, 15) is 14.4 Å². The van der Waals surface area contributed by atoms with Crippen LogP contribution in [0.1, 0.15) is 16.7 Å². The van der Waals surface area contributed by atoms with E-state index in [4.69, 9.17) is 14.2 Å². The molecule has 0 spiro atoms. The van der Waals surface area contributed by atoms with Crippen LogP contribution in [-0.2, 0) is 22.6 Å². The second-order valence-corrected chi connectivity index (χ2v) is 8.55. The van der Waals surface area contributed by atoms with E-state index in [1.165, 1.54) is 26.9 Å². The summed E-state index contributed by atoms with van der Waals surface area (Å²) in [5, 5.41) is -0.468. The van der Waals surface area contributed by atoms with Gasteiger partial charge in [-0.15, -0.1) is 0 Å². The van der Waals surface area contributed by atoms with Gasteiger partial charge in [0.2, 0.25) is 11.7 Å². The van der Waals surface area contributed by atoms with Crippen LogP contribution >= 0.6 is 11.8 Å². The van der Waals surface area contributed by atoms with E-state index in [2.05, 4.69) is 6.07 Å². The van der Waals surface area contributed by atoms with Gasteiger partial charge in [0.15, 0.2) is 11.5 Å². The molecule has 172 valence electrons. The molecule has 9 heteroatoms. The van der Waals surface area contributed by atoms with Gasteiger partial charge in [0.1, 0.15) is 6.54 Å². The summed E-state index contributed by atoms with van der Waals surface area (Å²) in [6.07, 6.45) is 2.34. The SMILES string of the molecule is COc1cc(/C=C2/SC(=O)N(CC(=O)N3CCc4ccccc4C3)C2=O)cc(OC)c1OC. The third-order valence-corrected chi connectivity index (χ3v) is 6.54. The number of rotatable bonds is 6. The number of hydrogen-bond acceptors (Lipinski definition) is 7. The maximum atomic E-state index is 12.9. The summed E-state index contributed by atoms with van der Waals surface area (Å²) in [4.78, 5) is 41.2. The minimum Gasteiger partial charge on any atom is -0.493 e. The van der Waals surface area contributed by atoms with Crippen molar-refractivity contribution in [1.82, 2.24) is 9.80 Å². The lowest BCUT2D eigenvalue weighted by Crippen LogP contribution is -2.44. The first-order chi connectivity index (χ1) is 15.9. The van der Waals surface area contributed by atoms with Crippen molar-refractivity contribution in [2.75, 3.05) is 34.4 Å². The third kappa shape index (κ3) is 4.54. The van der Waals surface area contributed by atoms with Gasteiger partial charge in [0.05, 0.1) is 26.2 Å². The average molecular weight is 469 g/mol. The summed E-state index contributed by atoms with van der Waals surface area (Å²) >= 11 is 0.806. The molecular weight excluding hydrogens is 444 g/mol. The topological polar surface area (TPSA) is 85.4 Å². The quantitative estimate of drug-likeness (QED) is 0.601. The highest BCUT2D eigenvalue weighted by Crippen LogP contribution is 2.40. The molecule has 0 N–H and O–H groups in total. The van der Waals surface area contributed by atoms with Gasteiger partial charge in [-0.2, -0.15) is 0 Å². The van der Waals surface area contributed by atoms with E-state index in [1.54, 1.807) is 23.1 Å². The first kappa shape index (κ1) is 22.7. The lowest BCUT2D eigenvalue weighted by molar-refractivity contribution is -0.136. The van der Waals surface area contributed by atoms with Crippen molar-refractivity contribution in [3.63, 3.8) is 0 Å². The number of amides is 3. The van der Waals surface area contributed by atoms with Gasteiger partial charge in [-0.05, 0) is 53.1 Å². The lowest BCUT2D eigenvalue weighted by Gasteiger charge is -2.29. The second kappa shape index (κ2) is 9.58. The highest BCUT2D eigenvalue weighted by Gasteiger charge is 2.37. The molecule has 33 heavy (non-hydrogen) atoms. The van der Waals surface area contributed by atoms with Crippen molar-refractivity contribution < 1.29 is 28.6 Å². The Morgan fingerprint density at radius 2 is 1.70 bits per heavy atom. The van der Waals surface area contributed by atoms with Gasteiger partial charge >= 0.3 is 0 Å². The molecule has 2 aliphatic rings. The predicted octanol–water partition coefficient (Wildman–Crippen LogP) is 3.33. The lowest BCUT2D eigenvalue weighted by atomic mass is 10.00. The molecule has 2 heterocycles. The summed E-state index contributed by atoms with van der Waals surface area (Å²) in [5.41, 5.74) is 2.92. The molecule has 0 saturated carbocycles. The molecule has 1 saturated heterocycles. The predicted molar refractivity (Wildman–Crippen MR) is 124 cm³/mol. The Kier molecular flexibility index (Phi) is 6.60. The number of benzene rings is 2. The molecule has 0 radical (unpaired) electrons. The molecule has 1 fully saturated rings. The van der Waals surface area contributed by atoms with E-state index in [0.717, 1.165) is 28.6 Å². The number of thioether (sulfide) groups is 1. The normalized spacial score (nSPS) is 16.8. The van der Waals surface area contributed by atoms with Crippen LogP contribution in [-0.4, -0.2) is 61.3 Å². The van der Waals surface area contributed by atoms with E-state index >= 15 is 0 Å². The highest BCUT2D eigenvalue weighted by molar-refractivity contribution is 8.18. The fourth-order valence-electron chi connectivity index (χ4n) is 3.92. The molecule has 0 aromatic heterocycles. The third-order valence-electron chi connectivity index (χ3n) is 5.64. The molecule has 0 unspecified atom stereocenters. The number of methoxy groups -OCH3 is 3. The molecular formula is C24H24N2O6S. The molecule has 4 rings (SSSR count). The van der Waals surface area contributed by atoms with Gasteiger partial charge in [-0.25, -0.2) is 0 Å². The first-order valence-corrected chi connectivity index (χ1v) is 11.2. The molecule has 3 amide bonds. The smallest absolute Gasteiger partial charge is 0.294 e. The van der Waals surface area contributed by atoms with Crippen LogP contribution in [0.25, 0.3) is 6.08 Å². The maximum Gasteiger partial charge on any atom is 0.294 e. The average Bonchev–Trinajstić information content (AvgIpc) is 3.10. The Bertz CT molecular complexity index is 1120. The Morgan fingerprint density at radius 1 is 1.03 bits per heavy atom. The van der Waals surface area contributed by atoms with Gasteiger partial charge in [-0.1, -0.05) is 24.3 Å². The van der Waals surface area contributed by atoms with E-state index in [1.807, 2.05) is 18.2 Å². The monoisotopic (exact) mass is 468 g/mol. The Labute approximate surface area is 196 Å². The van der Waals surface area contributed by atoms with Crippen molar-refractivity contribution in [1.29, 1.82) is 0 Å². The fourth-order valence-corrected chi connectivity index (χ4v) is 4.75. The zero-order valence-electron chi connectivity index (χ0n) is 18.6. The minimum absolute atomic E-state index is 0.228. The number of carbonyl (C=O) groups is 3. The largest absolute Gasteiger partial charge is 0.493 e. The zero-order chi connectivity index (χ0) is 23.5. The van der Waals surface area contributed by atoms with Crippen LogP contribution in [0, 0.1) is 0 Å². The number of imide groups is 1. The summed E-state index contributed by atoms with van der Waals surface area (Å²) < 4.78 is 16.0. The molecule has 2 aliphatic heterocycles. The number of hydrogen-bond donors (Lipinski definition) is 0. The number of ether oxygens (including phenoxy) is 3. The molecule has 0 bridgehead atoms. The summed E-state index contributed by atoms with van der Waals surface area (Å²) in [5.74, 6) is 0.551. The van der Waals surface area contributed by atoms with Gasteiger partial charge in [-0.3, -0.25) is 19.3 Å². The minimum atomic E-state index is -0.496. The van der Waals surface area contributed by atoms with Crippen molar-refractivity contribution in [2.45, 2.75) is 13.0 Å². The zero-order valence-corrected chi connectivity index (χ0v) is 19.4. The van der Waals surface area contributed by atoms with E-state index in [-0.39, 0.29) is 17.4 Å². The van der Waals surface area contributed by atoms with Gasteiger partial charge in [0.25, 0.3) is 11.1 Å². The molecule has 0 atom stereocenters. The molecule has 2 aromatic rings. The Balaban J connectivity index is 1.50. The molecule has 0 aliphatic carbocycles. The van der Waals surface area contributed by atoms with Crippen LogP contribution in [0.3, 0.4) is 0 Å². The molecule has 8 nitrogen and oxygen atoms in total. The van der Waals surface area contributed by atoms with Crippen LogP contribution in [0.2, 0.25) is 0 Å². The van der Waals surface area contributed by atoms with Crippen molar-refractivity contribution in [3.05, 3.63) is 58.0 Å². The van der Waals surface area contributed by atoms with Crippen LogP contribution in [0.15, 0.2) is 41.3 Å². The van der Waals surface area contributed by atoms with Gasteiger partial charge < -0.3 is 19.1 Å². The van der Waals surface area contributed by atoms with Crippen molar-refractivity contribution in [2.24, 2.45) is 0 Å². The molecule has 2 aromatic carbocycles. The Hall–Kier alpha value is -3.46. The summed E-state index contributed by atoms with van der Waals surface area (Å²) in [6.45, 7) is 0.763. The van der Waals surface area contributed by atoms with Crippen molar-refractivity contribution in [3.8, 4) is 17.2 Å². The second-order valence-electron chi connectivity index (χ2n) is 7.56. The van der Waals surface area contributed by atoms with E-state index < -0.39 is 11.1 Å². The van der Waals surface area contributed by atoms with E-state index in [0.29, 0.717) is 35.9 Å². The number of nitrogens with zero attached hydrogens (tertiary/aromatic N) is 2.